The third kappa shape index (κ3) is 2.67. The van der Waals surface area contributed by atoms with Crippen LogP contribution in [-0.2, 0) is 4.79 Å². The second-order valence-corrected chi connectivity index (χ2v) is 4.79. The molecule has 78 valence electrons. The summed E-state index contributed by atoms with van der Waals surface area (Å²) in [4.78, 5) is 17.8. The number of isocyanates is 1. The predicted octanol–water partition coefficient (Wildman–Crippen LogP) is 2.66. The summed E-state index contributed by atoms with van der Waals surface area (Å²) in [6.07, 6.45) is 7.40. The summed E-state index contributed by atoms with van der Waals surface area (Å²) in [6, 6.07) is 1.94. The minimum Gasteiger partial charge on any atom is -0.262 e. The van der Waals surface area contributed by atoms with E-state index < -0.39 is 0 Å². The fourth-order valence-corrected chi connectivity index (χ4v) is 2.92. The number of hydrogen-bond acceptors (Lipinski definition) is 4. The number of carbonyl (C=O) groups excluding carboxylic acids is 1. The highest BCUT2D eigenvalue weighted by atomic mass is 32.2. The summed E-state index contributed by atoms with van der Waals surface area (Å²) >= 11 is 2.00. The molecule has 0 spiro atoms. The van der Waals surface area contributed by atoms with Gasteiger partial charge in [-0.05, 0) is 41.9 Å². The van der Waals surface area contributed by atoms with Gasteiger partial charge in [-0.2, -0.15) is 16.8 Å². The van der Waals surface area contributed by atoms with Gasteiger partial charge in [-0.1, -0.05) is 0 Å². The molecular weight excluding hydrogens is 208 g/mol. The molecule has 2 rings (SSSR count). The average Bonchev–Trinajstić information content (AvgIpc) is 2.31. The number of aromatic nitrogens is 1. The molecule has 0 aromatic carbocycles. The van der Waals surface area contributed by atoms with Crippen LogP contribution in [0, 0.1) is 0 Å². The first kappa shape index (κ1) is 10.4. The van der Waals surface area contributed by atoms with Gasteiger partial charge in [0.2, 0.25) is 6.08 Å². The van der Waals surface area contributed by atoms with Crippen LogP contribution in [-0.4, -0.2) is 22.6 Å². The number of aliphatic imine (C=N–C) groups is 1. The molecule has 0 unspecified atom stereocenters. The highest BCUT2D eigenvalue weighted by Crippen LogP contribution is 2.32. The van der Waals surface area contributed by atoms with Gasteiger partial charge in [0.1, 0.15) is 0 Å². The summed E-state index contributed by atoms with van der Waals surface area (Å²) < 4.78 is 0. The van der Waals surface area contributed by atoms with Crippen LogP contribution >= 0.6 is 11.8 Å². The van der Waals surface area contributed by atoms with Gasteiger partial charge in [0.25, 0.3) is 0 Å². The summed E-state index contributed by atoms with van der Waals surface area (Å²) in [7, 11) is 0. The van der Waals surface area contributed by atoms with E-state index in [-0.39, 0.29) is 0 Å². The fraction of sp³-hybridized carbons (Fsp3) is 0.455. The highest BCUT2D eigenvalue weighted by Gasteiger charge is 2.16. The molecular formula is C11H12N2OS. The predicted molar refractivity (Wildman–Crippen MR) is 61.3 cm³/mol. The van der Waals surface area contributed by atoms with Gasteiger partial charge in [-0.15, -0.1) is 0 Å². The van der Waals surface area contributed by atoms with Crippen LogP contribution in [0.4, 0.5) is 5.69 Å². The van der Waals surface area contributed by atoms with Crippen LogP contribution in [0.2, 0.25) is 0 Å². The number of rotatable bonds is 2. The maximum absolute atomic E-state index is 10.1. The van der Waals surface area contributed by atoms with Crippen LogP contribution in [0.3, 0.4) is 0 Å². The molecule has 0 aliphatic carbocycles. The van der Waals surface area contributed by atoms with E-state index in [1.54, 1.807) is 12.3 Å². The van der Waals surface area contributed by atoms with Crippen molar-refractivity contribution in [3.8, 4) is 0 Å². The van der Waals surface area contributed by atoms with Gasteiger partial charge in [0, 0.05) is 6.20 Å². The van der Waals surface area contributed by atoms with E-state index in [2.05, 4.69) is 9.98 Å². The Labute approximate surface area is 93.0 Å². The lowest BCUT2D eigenvalue weighted by Gasteiger charge is -2.21. The van der Waals surface area contributed by atoms with Crippen molar-refractivity contribution < 1.29 is 4.79 Å². The maximum Gasteiger partial charge on any atom is 0.240 e. The molecule has 1 fully saturated rings. The second-order valence-electron chi connectivity index (χ2n) is 3.57. The van der Waals surface area contributed by atoms with Gasteiger partial charge in [0.15, 0.2) is 0 Å². The Bertz CT molecular complexity index is 382. The number of hydrogen-bond donors (Lipinski definition) is 0. The molecule has 0 saturated carbocycles. The molecule has 1 saturated heterocycles. The zero-order valence-corrected chi connectivity index (χ0v) is 9.17. The monoisotopic (exact) mass is 220 g/mol. The molecule has 3 nitrogen and oxygen atoms in total. The molecule has 2 heterocycles. The zero-order chi connectivity index (χ0) is 10.5. The molecule has 0 atom stereocenters. The summed E-state index contributed by atoms with van der Waals surface area (Å²) in [5.74, 6) is 3.01. The Kier molecular flexibility index (Phi) is 3.54. The van der Waals surface area contributed by atoms with Gasteiger partial charge < -0.3 is 0 Å². The molecule has 1 aromatic heterocycles. The average molecular weight is 220 g/mol. The van der Waals surface area contributed by atoms with E-state index in [9.17, 15) is 4.79 Å². The van der Waals surface area contributed by atoms with Gasteiger partial charge in [-0.25, -0.2) is 4.79 Å². The quantitative estimate of drug-likeness (QED) is 0.568. The van der Waals surface area contributed by atoms with E-state index >= 15 is 0 Å². The first-order chi connectivity index (χ1) is 7.40. The lowest BCUT2D eigenvalue weighted by atomic mass is 9.95. The largest absolute Gasteiger partial charge is 0.262 e. The Morgan fingerprint density at radius 1 is 1.40 bits per heavy atom. The normalized spacial score (nSPS) is 17.1. The van der Waals surface area contributed by atoms with Crippen molar-refractivity contribution in [1.29, 1.82) is 0 Å². The van der Waals surface area contributed by atoms with Crippen LogP contribution in [0.15, 0.2) is 23.5 Å². The van der Waals surface area contributed by atoms with Gasteiger partial charge >= 0.3 is 0 Å². The van der Waals surface area contributed by atoms with E-state index in [0.29, 0.717) is 11.6 Å². The van der Waals surface area contributed by atoms with Crippen molar-refractivity contribution in [3.63, 3.8) is 0 Å². The van der Waals surface area contributed by atoms with Crippen LogP contribution < -0.4 is 0 Å². The maximum atomic E-state index is 10.1. The molecule has 1 aliphatic rings. The lowest BCUT2D eigenvalue weighted by molar-refractivity contribution is 0.565. The van der Waals surface area contributed by atoms with E-state index in [1.165, 1.54) is 29.9 Å². The molecule has 0 amide bonds. The van der Waals surface area contributed by atoms with Crippen LogP contribution in [0.1, 0.15) is 24.3 Å². The number of nitrogens with zero attached hydrogens (tertiary/aromatic N) is 2. The molecule has 1 aliphatic heterocycles. The number of pyridine rings is 1. The first-order valence-electron chi connectivity index (χ1n) is 5.00. The van der Waals surface area contributed by atoms with E-state index in [0.717, 1.165) is 0 Å². The van der Waals surface area contributed by atoms with Crippen molar-refractivity contribution in [2.75, 3.05) is 11.5 Å². The van der Waals surface area contributed by atoms with Crippen molar-refractivity contribution in [2.24, 2.45) is 4.99 Å². The Morgan fingerprint density at radius 2 is 2.20 bits per heavy atom. The zero-order valence-electron chi connectivity index (χ0n) is 8.35. The third-order valence-corrected chi connectivity index (χ3v) is 3.66. The standard InChI is InChI=1S/C11H12N2OS/c14-8-13-11-5-10(6-12-7-11)9-1-3-15-4-2-9/h5-7,9H,1-4H2. The first-order valence-corrected chi connectivity index (χ1v) is 6.16. The van der Waals surface area contributed by atoms with Crippen molar-refractivity contribution >= 4 is 23.5 Å². The van der Waals surface area contributed by atoms with Crippen molar-refractivity contribution in [2.45, 2.75) is 18.8 Å². The fourth-order valence-electron chi connectivity index (χ4n) is 1.81. The molecule has 4 heteroatoms. The smallest absolute Gasteiger partial charge is 0.240 e. The minimum absolute atomic E-state index is 0.584. The van der Waals surface area contributed by atoms with Gasteiger partial charge in [0.05, 0.1) is 11.9 Å². The Balaban J connectivity index is 2.19. The highest BCUT2D eigenvalue weighted by molar-refractivity contribution is 7.99. The SMILES string of the molecule is O=C=Nc1cncc(C2CCSCC2)c1. The Hall–Kier alpha value is -1.12. The molecule has 15 heavy (non-hydrogen) atoms. The molecule has 0 radical (unpaired) electrons. The summed E-state index contributed by atoms with van der Waals surface area (Å²) in [5.41, 5.74) is 1.81. The molecule has 0 N–H and O–H groups in total. The molecule has 1 aromatic rings. The topological polar surface area (TPSA) is 42.3 Å². The van der Waals surface area contributed by atoms with Crippen molar-refractivity contribution in [1.82, 2.24) is 4.98 Å². The van der Waals surface area contributed by atoms with Crippen molar-refractivity contribution in [3.05, 3.63) is 24.0 Å². The van der Waals surface area contributed by atoms with Crippen LogP contribution in [0.5, 0.6) is 0 Å². The number of thioether (sulfide) groups is 1. The second kappa shape index (κ2) is 5.10. The minimum atomic E-state index is 0.584. The van der Waals surface area contributed by atoms with Crippen LogP contribution in [0.25, 0.3) is 0 Å². The third-order valence-electron chi connectivity index (χ3n) is 2.61. The lowest BCUT2D eigenvalue weighted by Crippen LogP contribution is -2.07. The summed E-state index contributed by atoms with van der Waals surface area (Å²) in [6.45, 7) is 0. The molecule has 0 bridgehead atoms. The van der Waals surface area contributed by atoms with E-state index in [1.807, 2.05) is 24.0 Å². The van der Waals surface area contributed by atoms with E-state index in [4.69, 9.17) is 0 Å². The summed E-state index contributed by atoms with van der Waals surface area (Å²) in [5, 5.41) is 0. The Morgan fingerprint density at radius 3 is 2.93 bits per heavy atom. The van der Waals surface area contributed by atoms with Gasteiger partial charge in [-0.3, -0.25) is 4.98 Å².